The average Bonchev–Trinajstić information content (AvgIpc) is 2.73. The quantitative estimate of drug-likeness (QED) is 0.867. The topological polar surface area (TPSA) is 49.3 Å². The minimum atomic E-state index is -0.807. The van der Waals surface area contributed by atoms with Crippen LogP contribution in [0.3, 0.4) is 0 Å². The zero-order valence-electron chi connectivity index (χ0n) is 9.79. The van der Waals surface area contributed by atoms with Gasteiger partial charge >= 0.3 is 5.97 Å². The molecule has 1 aliphatic rings. The fourth-order valence-electron chi connectivity index (χ4n) is 2.32. The van der Waals surface area contributed by atoms with Gasteiger partial charge < -0.3 is 10.4 Å². The lowest BCUT2D eigenvalue weighted by Crippen LogP contribution is -2.43. The summed E-state index contributed by atoms with van der Waals surface area (Å²) in [5.41, 5.74) is 0.969. The predicted octanol–water partition coefficient (Wildman–Crippen LogP) is 3.46. The van der Waals surface area contributed by atoms with Crippen molar-refractivity contribution in [2.45, 2.75) is 38.1 Å². The first-order chi connectivity index (χ1) is 8.03. The highest BCUT2D eigenvalue weighted by atomic mass is 35.5. The highest BCUT2D eigenvalue weighted by molar-refractivity contribution is 6.31. The SMILES string of the molecule is Cc1ccc(NC2(C(=O)O)CCCC2)cc1Cl. The summed E-state index contributed by atoms with van der Waals surface area (Å²) in [6.07, 6.45) is 3.26. The molecule has 0 aliphatic heterocycles. The number of carboxylic acids is 1. The maximum absolute atomic E-state index is 11.4. The van der Waals surface area contributed by atoms with Gasteiger partial charge in [0.05, 0.1) is 0 Å². The summed E-state index contributed by atoms with van der Waals surface area (Å²) in [5, 5.41) is 13.2. The van der Waals surface area contributed by atoms with Gasteiger partial charge in [0.15, 0.2) is 0 Å². The molecule has 0 atom stereocenters. The maximum atomic E-state index is 11.4. The molecule has 17 heavy (non-hydrogen) atoms. The van der Waals surface area contributed by atoms with Crippen LogP contribution in [0, 0.1) is 6.92 Å². The number of aliphatic carboxylic acids is 1. The molecule has 4 heteroatoms. The third kappa shape index (κ3) is 2.39. The second-order valence-electron chi connectivity index (χ2n) is 4.68. The normalized spacial score (nSPS) is 18.0. The fraction of sp³-hybridized carbons (Fsp3) is 0.462. The van der Waals surface area contributed by atoms with Crippen molar-refractivity contribution < 1.29 is 9.90 Å². The van der Waals surface area contributed by atoms with E-state index in [0.717, 1.165) is 24.1 Å². The molecule has 2 rings (SSSR count). The van der Waals surface area contributed by atoms with Crippen LogP contribution in [0.4, 0.5) is 5.69 Å². The zero-order chi connectivity index (χ0) is 12.5. The first-order valence-corrected chi connectivity index (χ1v) is 6.19. The van der Waals surface area contributed by atoms with E-state index < -0.39 is 11.5 Å². The van der Waals surface area contributed by atoms with Gasteiger partial charge in [0.25, 0.3) is 0 Å². The third-order valence-corrected chi connectivity index (χ3v) is 3.83. The van der Waals surface area contributed by atoms with E-state index in [2.05, 4.69) is 5.32 Å². The molecule has 0 amide bonds. The molecule has 3 nitrogen and oxygen atoms in total. The number of hydrogen-bond acceptors (Lipinski definition) is 2. The third-order valence-electron chi connectivity index (χ3n) is 3.42. The largest absolute Gasteiger partial charge is 0.480 e. The van der Waals surface area contributed by atoms with Crippen molar-refractivity contribution in [3.05, 3.63) is 28.8 Å². The van der Waals surface area contributed by atoms with Crippen molar-refractivity contribution in [1.29, 1.82) is 0 Å². The number of rotatable bonds is 3. The molecule has 0 aromatic heterocycles. The lowest BCUT2D eigenvalue weighted by molar-refractivity contribution is -0.142. The Morgan fingerprint density at radius 2 is 2.06 bits per heavy atom. The minimum absolute atomic E-state index is 0.661. The van der Waals surface area contributed by atoms with Gasteiger partial charge in [0.1, 0.15) is 5.54 Å². The van der Waals surface area contributed by atoms with E-state index in [-0.39, 0.29) is 0 Å². The standard InChI is InChI=1S/C13H16ClNO2/c1-9-4-5-10(8-11(9)14)15-13(12(16)17)6-2-3-7-13/h4-5,8,15H,2-3,6-7H2,1H3,(H,16,17). The number of halogens is 1. The van der Waals surface area contributed by atoms with E-state index in [4.69, 9.17) is 11.6 Å². The van der Waals surface area contributed by atoms with Crippen molar-refractivity contribution in [3.8, 4) is 0 Å². The number of anilines is 1. The van der Waals surface area contributed by atoms with Crippen LogP contribution in [0.1, 0.15) is 31.2 Å². The molecule has 0 heterocycles. The monoisotopic (exact) mass is 253 g/mol. The molecule has 92 valence electrons. The van der Waals surface area contributed by atoms with Gasteiger partial charge in [-0.1, -0.05) is 30.5 Å². The molecule has 0 spiro atoms. The highest BCUT2D eigenvalue weighted by Gasteiger charge is 2.41. The molecule has 0 unspecified atom stereocenters. The Balaban J connectivity index is 2.23. The van der Waals surface area contributed by atoms with Crippen molar-refractivity contribution in [1.82, 2.24) is 0 Å². The molecule has 0 saturated heterocycles. The highest BCUT2D eigenvalue weighted by Crippen LogP contribution is 2.34. The fourth-order valence-corrected chi connectivity index (χ4v) is 2.50. The van der Waals surface area contributed by atoms with Gasteiger partial charge in [-0.2, -0.15) is 0 Å². The number of carboxylic acid groups (broad SMARTS) is 1. The second kappa shape index (κ2) is 4.57. The van der Waals surface area contributed by atoms with Gasteiger partial charge in [-0.25, -0.2) is 4.79 Å². The number of nitrogens with one attached hydrogen (secondary N) is 1. The van der Waals surface area contributed by atoms with E-state index in [0.29, 0.717) is 17.9 Å². The van der Waals surface area contributed by atoms with E-state index in [1.54, 1.807) is 6.07 Å². The van der Waals surface area contributed by atoms with Crippen LogP contribution in [-0.2, 0) is 4.79 Å². The molecule has 0 radical (unpaired) electrons. The summed E-state index contributed by atoms with van der Waals surface area (Å²) in [5.74, 6) is -0.772. The molecule has 1 aromatic carbocycles. The van der Waals surface area contributed by atoms with Gasteiger partial charge in [0, 0.05) is 10.7 Å². The Morgan fingerprint density at radius 1 is 1.41 bits per heavy atom. The maximum Gasteiger partial charge on any atom is 0.329 e. The van der Waals surface area contributed by atoms with Crippen LogP contribution in [0.25, 0.3) is 0 Å². The first kappa shape index (κ1) is 12.2. The van der Waals surface area contributed by atoms with Gasteiger partial charge in [-0.05, 0) is 37.5 Å². The molecule has 1 aromatic rings. The molecule has 1 saturated carbocycles. The predicted molar refractivity (Wildman–Crippen MR) is 68.6 cm³/mol. The average molecular weight is 254 g/mol. The van der Waals surface area contributed by atoms with Crippen LogP contribution < -0.4 is 5.32 Å². The molecular formula is C13H16ClNO2. The van der Waals surface area contributed by atoms with Crippen LogP contribution in [-0.4, -0.2) is 16.6 Å². The van der Waals surface area contributed by atoms with E-state index in [9.17, 15) is 9.90 Å². The molecule has 1 aliphatic carbocycles. The van der Waals surface area contributed by atoms with Crippen molar-refractivity contribution in [3.63, 3.8) is 0 Å². The summed E-state index contributed by atoms with van der Waals surface area (Å²) < 4.78 is 0. The number of benzene rings is 1. The number of aryl methyl sites for hydroxylation is 1. The van der Waals surface area contributed by atoms with Gasteiger partial charge in [-0.3, -0.25) is 0 Å². The Bertz CT molecular complexity index is 439. The Hall–Kier alpha value is -1.22. The number of carbonyl (C=O) groups is 1. The van der Waals surface area contributed by atoms with E-state index >= 15 is 0 Å². The zero-order valence-corrected chi connectivity index (χ0v) is 10.5. The van der Waals surface area contributed by atoms with Gasteiger partial charge in [-0.15, -0.1) is 0 Å². The lowest BCUT2D eigenvalue weighted by atomic mass is 9.97. The smallest absolute Gasteiger partial charge is 0.329 e. The van der Waals surface area contributed by atoms with Crippen LogP contribution in [0.15, 0.2) is 18.2 Å². The molecular weight excluding hydrogens is 238 g/mol. The lowest BCUT2D eigenvalue weighted by Gasteiger charge is -2.26. The summed E-state index contributed by atoms with van der Waals surface area (Å²) >= 11 is 6.04. The molecule has 2 N–H and O–H groups in total. The minimum Gasteiger partial charge on any atom is -0.480 e. The molecule has 0 bridgehead atoms. The number of hydrogen-bond donors (Lipinski definition) is 2. The summed E-state index contributed by atoms with van der Waals surface area (Å²) in [4.78, 5) is 11.4. The van der Waals surface area contributed by atoms with Crippen molar-refractivity contribution in [2.75, 3.05) is 5.32 Å². The molecule has 1 fully saturated rings. The van der Waals surface area contributed by atoms with E-state index in [1.807, 2.05) is 19.1 Å². The second-order valence-corrected chi connectivity index (χ2v) is 5.09. The summed E-state index contributed by atoms with van der Waals surface area (Å²) in [7, 11) is 0. The van der Waals surface area contributed by atoms with E-state index in [1.165, 1.54) is 0 Å². The van der Waals surface area contributed by atoms with Crippen LogP contribution >= 0.6 is 11.6 Å². The van der Waals surface area contributed by atoms with Crippen LogP contribution in [0.2, 0.25) is 5.02 Å². The summed E-state index contributed by atoms with van der Waals surface area (Å²) in [6, 6.07) is 5.57. The van der Waals surface area contributed by atoms with Crippen molar-refractivity contribution in [2.24, 2.45) is 0 Å². The van der Waals surface area contributed by atoms with Crippen LogP contribution in [0.5, 0.6) is 0 Å². The van der Waals surface area contributed by atoms with Crippen molar-refractivity contribution >= 4 is 23.3 Å². The summed E-state index contributed by atoms with van der Waals surface area (Å²) in [6.45, 7) is 1.93. The Morgan fingerprint density at radius 3 is 2.59 bits per heavy atom. The first-order valence-electron chi connectivity index (χ1n) is 5.81. The van der Waals surface area contributed by atoms with Gasteiger partial charge in [0.2, 0.25) is 0 Å². The Kier molecular flexibility index (Phi) is 3.29. The Labute approximate surface area is 106 Å².